The number of benzene rings is 1. The van der Waals surface area contributed by atoms with Gasteiger partial charge in [-0.2, -0.15) is 0 Å². The maximum atomic E-state index is 5.65. The molecule has 2 rings (SSSR count). The summed E-state index contributed by atoms with van der Waals surface area (Å²) < 4.78 is 10.8. The second kappa shape index (κ2) is 5.14. The SMILES string of the molecule is COc1cccc(CCOC2CNC2)c1. The lowest BCUT2D eigenvalue weighted by atomic mass is 10.1. The van der Waals surface area contributed by atoms with Crippen LogP contribution < -0.4 is 10.1 Å². The molecule has 0 unspecified atom stereocenters. The second-order valence-electron chi connectivity index (χ2n) is 3.75. The third-order valence-electron chi connectivity index (χ3n) is 2.62. The lowest BCUT2D eigenvalue weighted by Gasteiger charge is -2.27. The van der Waals surface area contributed by atoms with Gasteiger partial charge in [0.25, 0.3) is 0 Å². The molecule has 0 aliphatic carbocycles. The Labute approximate surface area is 90.4 Å². The van der Waals surface area contributed by atoms with Crippen molar-refractivity contribution < 1.29 is 9.47 Å². The summed E-state index contributed by atoms with van der Waals surface area (Å²) in [4.78, 5) is 0. The first-order valence-electron chi connectivity index (χ1n) is 5.34. The Morgan fingerprint density at radius 2 is 2.27 bits per heavy atom. The molecule has 1 aromatic carbocycles. The van der Waals surface area contributed by atoms with Gasteiger partial charge in [0.15, 0.2) is 0 Å². The predicted octanol–water partition coefficient (Wildman–Crippen LogP) is 1.23. The molecule has 1 aliphatic rings. The first-order chi connectivity index (χ1) is 7.38. The van der Waals surface area contributed by atoms with E-state index < -0.39 is 0 Å². The Hall–Kier alpha value is -1.06. The van der Waals surface area contributed by atoms with E-state index in [1.54, 1.807) is 7.11 Å². The highest BCUT2D eigenvalue weighted by Crippen LogP contribution is 2.13. The van der Waals surface area contributed by atoms with Crippen LogP contribution in [0.1, 0.15) is 5.56 Å². The van der Waals surface area contributed by atoms with Gasteiger partial charge in [0.1, 0.15) is 5.75 Å². The first-order valence-corrected chi connectivity index (χ1v) is 5.34. The minimum Gasteiger partial charge on any atom is -0.497 e. The topological polar surface area (TPSA) is 30.5 Å². The van der Waals surface area contributed by atoms with Crippen molar-refractivity contribution in [1.82, 2.24) is 5.32 Å². The van der Waals surface area contributed by atoms with Gasteiger partial charge in [-0.15, -0.1) is 0 Å². The molecular weight excluding hydrogens is 190 g/mol. The van der Waals surface area contributed by atoms with Crippen molar-refractivity contribution >= 4 is 0 Å². The standard InChI is InChI=1S/C12H17NO2/c1-14-11-4-2-3-10(7-11)5-6-15-12-8-13-9-12/h2-4,7,12-13H,5-6,8-9H2,1H3. The van der Waals surface area contributed by atoms with E-state index in [0.717, 1.165) is 31.9 Å². The molecule has 1 aromatic rings. The molecule has 1 heterocycles. The maximum absolute atomic E-state index is 5.65. The molecule has 1 fully saturated rings. The molecule has 15 heavy (non-hydrogen) atoms. The number of hydrogen-bond donors (Lipinski definition) is 1. The third-order valence-corrected chi connectivity index (χ3v) is 2.62. The summed E-state index contributed by atoms with van der Waals surface area (Å²) >= 11 is 0. The van der Waals surface area contributed by atoms with Crippen molar-refractivity contribution in [2.45, 2.75) is 12.5 Å². The summed E-state index contributed by atoms with van der Waals surface area (Å²) in [7, 11) is 1.69. The molecule has 3 nitrogen and oxygen atoms in total. The quantitative estimate of drug-likeness (QED) is 0.787. The average Bonchev–Trinajstić information content (AvgIpc) is 2.22. The highest BCUT2D eigenvalue weighted by atomic mass is 16.5. The summed E-state index contributed by atoms with van der Waals surface area (Å²) in [6.07, 6.45) is 1.38. The highest BCUT2D eigenvalue weighted by molar-refractivity contribution is 5.28. The lowest BCUT2D eigenvalue weighted by molar-refractivity contribution is 0.0208. The fourth-order valence-electron chi connectivity index (χ4n) is 1.55. The summed E-state index contributed by atoms with van der Waals surface area (Å²) in [6.45, 7) is 2.79. The molecule has 0 saturated carbocycles. The van der Waals surface area contributed by atoms with E-state index in [4.69, 9.17) is 9.47 Å². The second-order valence-corrected chi connectivity index (χ2v) is 3.75. The zero-order chi connectivity index (χ0) is 10.5. The maximum Gasteiger partial charge on any atom is 0.119 e. The van der Waals surface area contributed by atoms with Crippen molar-refractivity contribution in [1.29, 1.82) is 0 Å². The van der Waals surface area contributed by atoms with Crippen LogP contribution in [0.25, 0.3) is 0 Å². The highest BCUT2D eigenvalue weighted by Gasteiger charge is 2.16. The van der Waals surface area contributed by atoms with Crippen LogP contribution in [0.15, 0.2) is 24.3 Å². The van der Waals surface area contributed by atoms with Gasteiger partial charge in [-0.1, -0.05) is 12.1 Å². The molecule has 1 aliphatic heterocycles. The average molecular weight is 207 g/mol. The van der Waals surface area contributed by atoms with E-state index in [2.05, 4.69) is 17.4 Å². The number of rotatable bonds is 5. The zero-order valence-electron chi connectivity index (χ0n) is 9.03. The van der Waals surface area contributed by atoms with Crippen LogP contribution in [0.5, 0.6) is 5.75 Å². The Bertz CT molecular complexity index is 310. The van der Waals surface area contributed by atoms with E-state index in [9.17, 15) is 0 Å². The van der Waals surface area contributed by atoms with E-state index in [0.29, 0.717) is 6.10 Å². The van der Waals surface area contributed by atoms with Gasteiger partial charge in [0.05, 0.1) is 19.8 Å². The fourth-order valence-corrected chi connectivity index (χ4v) is 1.55. The van der Waals surface area contributed by atoms with Crippen molar-refractivity contribution in [2.24, 2.45) is 0 Å². The van der Waals surface area contributed by atoms with Crippen LogP contribution in [0.3, 0.4) is 0 Å². The molecular formula is C12H17NO2. The minimum atomic E-state index is 0.426. The van der Waals surface area contributed by atoms with Crippen molar-refractivity contribution in [3.05, 3.63) is 29.8 Å². The Balaban J connectivity index is 1.76. The van der Waals surface area contributed by atoms with E-state index in [-0.39, 0.29) is 0 Å². The van der Waals surface area contributed by atoms with Crippen LogP contribution in [0.2, 0.25) is 0 Å². The normalized spacial score (nSPS) is 16.1. The Morgan fingerprint density at radius 3 is 2.93 bits per heavy atom. The molecule has 0 atom stereocenters. The van der Waals surface area contributed by atoms with Crippen LogP contribution >= 0.6 is 0 Å². The van der Waals surface area contributed by atoms with Gasteiger partial charge in [-0.3, -0.25) is 0 Å². The molecule has 1 saturated heterocycles. The lowest BCUT2D eigenvalue weighted by Crippen LogP contribution is -2.48. The number of hydrogen-bond acceptors (Lipinski definition) is 3. The number of nitrogens with one attached hydrogen (secondary N) is 1. The number of methoxy groups -OCH3 is 1. The molecule has 82 valence electrons. The first kappa shape index (κ1) is 10.5. The van der Waals surface area contributed by atoms with Crippen LogP contribution in [0.4, 0.5) is 0 Å². The monoisotopic (exact) mass is 207 g/mol. The van der Waals surface area contributed by atoms with Gasteiger partial charge in [-0.05, 0) is 24.1 Å². The minimum absolute atomic E-state index is 0.426. The van der Waals surface area contributed by atoms with Crippen molar-refractivity contribution in [2.75, 3.05) is 26.8 Å². The van der Waals surface area contributed by atoms with Gasteiger partial charge in [0, 0.05) is 13.1 Å². The summed E-state index contributed by atoms with van der Waals surface area (Å²) in [6, 6.07) is 8.13. The molecule has 0 amide bonds. The van der Waals surface area contributed by atoms with Gasteiger partial charge < -0.3 is 14.8 Å². The fraction of sp³-hybridized carbons (Fsp3) is 0.500. The van der Waals surface area contributed by atoms with E-state index >= 15 is 0 Å². The van der Waals surface area contributed by atoms with Crippen molar-refractivity contribution in [3.8, 4) is 5.75 Å². The molecule has 0 spiro atoms. The van der Waals surface area contributed by atoms with Crippen LogP contribution in [-0.2, 0) is 11.2 Å². The van der Waals surface area contributed by atoms with E-state index in [1.165, 1.54) is 5.56 Å². The molecule has 0 bridgehead atoms. The van der Waals surface area contributed by atoms with Gasteiger partial charge in [-0.25, -0.2) is 0 Å². The molecule has 1 N–H and O–H groups in total. The van der Waals surface area contributed by atoms with Gasteiger partial charge in [0.2, 0.25) is 0 Å². The van der Waals surface area contributed by atoms with Crippen LogP contribution in [-0.4, -0.2) is 32.9 Å². The van der Waals surface area contributed by atoms with Gasteiger partial charge >= 0.3 is 0 Å². The summed E-state index contributed by atoms with van der Waals surface area (Å²) in [5.74, 6) is 0.915. The predicted molar refractivity (Wildman–Crippen MR) is 59.3 cm³/mol. The molecule has 0 radical (unpaired) electrons. The smallest absolute Gasteiger partial charge is 0.119 e. The zero-order valence-corrected chi connectivity index (χ0v) is 9.03. The Kier molecular flexibility index (Phi) is 3.59. The van der Waals surface area contributed by atoms with E-state index in [1.807, 2.05) is 12.1 Å². The Morgan fingerprint density at radius 1 is 1.40 bits per heavy atom. The largest absolute Gasteiger partial charge is 0.497 e. The third kappa shape index (κ3) is 2.94. The summed E-state index contributed by atoms with van der Waals surface area (Å²) in [5.41, 5.74) is 1.27. The summed E-state index contributed by atoms with van der Waals surface area (Å²) in [5, 5.41) is 3.18. The molecule has 3 heteroatoms. The molecule has 0 aromatic heterocycles. The van der Waals surface area contributed by atoms with Crippen LogP contribution in [0, 0.1) is 0 Å². The van der Waals surface area contributed by atoms with Crippen molar-refractivity contribution in [3.63, 3.8) is 0 Å². The number of ether oxygens (including phenoxy) is 2.